The third kappa shape index (κ3) is 6.22. The molecule has 0 radical (unpaired) electrons. The maximum absolute atomic E-state index is 13.2. The molecule has 1 unspecified atom stereocenters. The van der Waals surface area contributed by atoms with Crippen molar-refractivity contribution in [2.75, 3.05) is 25.0 Å². The molecule has 1 fully saturated rings. The maximum atomic E-state index is 13.2. The predicted molar refractivity (Wildman–Crippen MR) is 157 cm³/mol. The number of carbonyl (C=O) groups excluding carboxylic acids is 1. The van der Waals surface area contributed by atoms with Gasteiger partial charge in [-0.15, -0.1) is 11.3 Å². The normalized spacial score (nSPS) is 15.7. The summed E-state index contributed by atoms with van der Waals surface area (Å²) >= 11 is 1.53. The molecule has 208 valence electrons. The zero-order valence-electron chi connectivity index (χ0n) is 22.4. The third-order valence-corrected chi connectivity index (χ3v) is 7.65. The molecule has 1 atom stereocenters. The van der Waals surface area contributed by atoms with E-state index in [1.807, 2.05) is 23.7 Å². The van der Waals surface area contributed by atoms with Gasteiger partial charge in [-0.05, 0) is 47.7 Å². The number of carbonyl (C=O) groups is 2. The first-order chi connectivity index (χ1) is 19.4. The number of thiazole rings is 1. The van der Waals surface area contributed by atoms with E-state index in [9.17, 15) is 4.79 Å². The number of nitrogens with zero attached hydrogens (tertiary/aromatic N) is 3. The van der Waals surface area contributed by atoms with Gasteiger partial charge in [0.1, 0.15) is 10.7 Å². The van der Waals surface area contributed by atoms with Crippen molar-refractivity contribution in [1.29, 1.82) is 0 Å². The van der Waals surface area contributed by atoms with Crippen LogP contribution in [0.2, 0.25) is 0 Å². The number of H-pyrrole nitrogens is 2. The Bertz CT molecular complexity index is 1610. The Morgan fingerprint density at radius 2 is 2.12 bits per heavy atom. The summed E-state index contributed by atoms with van der Waals surface area (Å²) in [6.07, 6.45) is 5.00. The topological polar surface area (TPSA) is 136 Å². The fourth-order valence-corrected chi connectivity index (χ4v) is 5.92. The Balaban J connectivity index is 0.00000103. The van der Waals surface area contributed by atoms with Crippen molar-refractivity contribution in [2.45, 2.75) is 32.9 Å². The van der Waals surface area contributed by atoms with Crippen molar-refractivity contribution in [2.24, 2.45) is 5.92 Å². The number of nitrogens with one attached hydrogen (secondary N) is 3. The molecule has 5 aromatic rings. The van der Waals surface area contributed by atoms with Crippen LogP contribution in [0.3, 0.4) is 0 Å². The van der Waals surface area contributed by atoms with E-state index >= 15 is 0 Å². The van der Waals surface area contributed by atoms with Crippen LogP contribution in [0.15, 0.2) is 54.2 Å². The first kappa shape index (κ1) is 27.5. The Labute approximate surface area is 235 Å². The number of morpholine rings is 1. The van der Waals surface area contributed by atoms with Crippen molar-refractivity contribution >= 4 is 51.2 Å². The average Bonchev–Trinajstić information content (AvgIpc) is 3.69. The molecule has 0 bridgehead atoms. The molecule has 4 N–H and O–H groups in total. The number of rotatable bonds is 7. The molecule has 1 saturated heterocycles. The van der Waals surface area contributed by atoms with Gasteiger partial charge in [0, 0.05) is 41.0 Å². The van der Waals surface area contributed by atoms with E-state index in [1.54, 1.807) is 6.20 Å². The smallest absolute Gasteiger partial charge is 0.290 e. The molecule has 1 aliphatic heterocycles. The van der Waals surface area contributed by atoms with Gasteiger partial charge in [0.25, 0.3) is 12.4 Å². The van der Waals surface area contributed by atoms with Crippen molar-refractivity contribution in [3.63, 3.8) is 0 Å². The first-order valence-electron chi connectivity index (χ1n) is 13.2. The second-order valence-electron chi connectivity index (χ2n) is 10.1. The quantitative estimate of drug-likeness (QED) is 0.197. The summed E-state index contributed by atoms with van der Waals surface area (Å²) in [6.45, 7) is 7.46. The van der Waals surface area contributed by atoms with Gasteiger partial charge >= 0.3 is 0 Å². The number of fused-ring (bicyclic) bond motifs is 2. The van der Waals surface area contributed by atoms with E-state index in [2.05, 4.69) is 68.5 Å². The number of aromatic amines is 2. The molecule has 1 aliphatic rings. The lowest BCUT2D eigenvalue weighted by molar-refractivity contribution is -0.122. The minimum absolute atomic E-state index is 0.221. The van der Waals surface area contributed by atoms with Gasteiger partial charge in [0.2, 0.25) is 0 Å². The van der Waals surface area contributed by atoms with Crippen LogP contribution in [-0.4, -0.2) is 68.4 Å². The molecule has 0 aliphatic carbocycles. The van der Waals surface area contributed by atoms with Gasteiger partial charge in [-0.2, -0.15) is 5.10 Å². The van der Waals surface area contributed by atoms with E-state index in [-0.39, 0.29) is 18.5 Å². The van der Waals surface area contributed by atoms with Crippen molar-refractivity contribution in [1.82, 2.24) is 25.1 Å². The summed E-state index contributed by atoms with van der Waals surface area (Å²) in [4.78, 5) is 31.9. The Hall–Kier alpha value is -4.06. The Kier molecular flexibility index (Phi) is 8.54. The number of aromatic nitrogens is 4. The lowest BCUT2D eigenvalue weighted by Crippen LogP contribution is -2.42. The molecule has 11 heteroatoms. The van der Waals surface area contributed by atoms with Crippen LogP contribution in [0.4, 0.5) is 5.69 Å². The molecule has 4 heterocycles. The molecular weight excluding hydrogens is 528 g/mol. The van der Waals surface area contributed by atoms with Crippen LogP contribution < -0.4 is 5.32 Å². The minimum atomic E-state index is -0.250. The summed E-state index contributed by atoms with van der Waals surface area (Å²) in [5.41, 5.74) is 5.16. The number of hydrogen-bond donors (Lipinski definition) is 4. The molecule has 2 aromatic carbocycles. The first-order valence-corrected chi connectivity index (χ1v) is 14.0. The van der Waals surface area contributed by atoms with E-state index in [4.69, 9.17) is 14.6 Å². The van der Waals surface area contributed by atoms with Crippen molar-refractivity contribution in [3.05, 3.63) is 64.9 Å². The molecular formula is C29H32N6O4S. The second-order valence-corrected chi connectivity index (χ2v) is 11.1. The van der Waals surface area contributed by atoms with E-state index in [0.717, 1.165) is 70.6 Å². The molecule has 1 amide bonds. The molecule has 0 spiro atoms. The van der Waals surface area contributed by atoms with Crippen LogP contribution in [0.5, 0.6) is 0 Å². The van der Waals surface area contributed by atoms with E-state index < -0.39 is 0 Å². The number of benzene rings is 2. The number of anilines is 1. The number of carboxylic acid groups (broad SMARTS) is 1. The maximum Gasteiger partial charge on any atom is 0.290 e. The summed E-state index contributed by atoms with van der Waals surface area (Å²) in [5, 5.41) is 22.0. The highest BCUT2D eigenvalue weighted by molar-refractivity contribution is 7.09. The Morgan fingerprint density at radius 3 is 2.95 bits per heavy atom. The standard InChI is InChI=1S/C28H30N6O2S.CH2O2/c1-17(2)10-19-14-34(8-9-36-19)15-27-31-26(16-37-27)28(35)32-24-11-18(12-25-22(24)13-30-33-25)20-4-3-5-23-21(20)6-7-29-23;2-1-3/h3-7,11-13,16-17,19,29H,8-10,14-15H2,1-2H3,(H,30,33)(H,32,35);1H,(H,2,3). The molecule has 10 nitrogen and oxygen atoms in total. The molecule has 6 rings (SSSR count). The fourth-order valence-electron chi connectivity index (χ4n) is 5.11. The highest BCUT2D eigenvalue weighted by Crippen LogP contribution is 2.34. The SMILES string of the molecule is CC(C)CC1CN(Cc2nc(C(=O)Nc3cc(-c4cccc5[nH]ccc45)cc4[nH]ncc34)cs2)CCO1.O=CO. The van der Waals surface area contributed by atoms with Gasteiger partial charge in [0.15, 0.2) is 0 Å². The predicted octanol–water partition coefficient (Wildman–Crippen LogP) is 5.37. The summed E-state index contributed by atoms with van der Waals surface area (Å²) < 4.78 is 5.92. The minimum Gasteiger partial charge on any atom is -0.483 e. The second kappa shape index (κ2) is 12.4. The summed E-state index contributed by atoms with van der Waals surface area (Å²) in [5.74, 6) is 0.387. The lowest BCUT2D eigenvalue weighted by Gasteiger charge is -2.33. The van der Waals surface area contributed by atoms with Crippen LogP contribution in [0, 0.1) is 5.92 Å². The average molecular weight is 561 g/mol. The Morgan fingerprint density at radius 1 is 1.27 bits per heavy atom. The monoisotopic (exact) mass is 560 g/mol. The zero-order valence-corrected chi connectivity index (χ0v) is 23.2. The lowest BCUT2D eigenvalue weighted by atomic mass is 9.99. The van der Waals surface area contributed by atoms with Crippen molar-refractivity contribution in [3.8, 4) is 11.1 Å². The highest BCUT2D eigenvalue weighted by Gasteiger charge is 2.23. The summed E-state index contributed by atoms with van der Waals surface area (Å²) in [6, 6.07) is 12.3. The van der Waals surface area contributed by atoms with Crippen molar-refractivity contribution < 1.29 is 19.4 Å². The van der Waals surface area contributed by atoms with Crippen LogP contribution >= 0.6 is 11.3 Å². The number of amides is 1. The number of ether oxygens (including phenoxy) is 1. The zero-order chi connectivity index (χ0) is 28.1. The van der Waals surface area contributed by atoms with Gasteiger partial charge in [0.05, 0.1) is 36.7 Å². The van der Waals surface area contributed by atoms with Crippen LogP contribution in [0.1, 0.15) is 35.8 Å². The number of hydrogen-bond acceptors (Lipinski definition) is 7. The van der Waals surface area contributed by atoms with Crippen LogP contribution in [-0.2, 0) is 16.1 Å². The van der Waals surface area contributed by atoms with E-state index in [1.165, 1.54) is 11.3 Å². The van der Waals surface area contributed by atoms with Gasteiger partial charge < -0.3 is 20.1 Å². The largest absolute Gasteiger partial charge is 0.483 e. The van der Waals surface area contributed by atoms with Gasteiger partial charge in [-0.25, -0.2) is 4.98 Å². The van der Waals surface area contributed by atoms with Gasteiger partial charge in [-0.1, -0.05) is 26.0 Å². The molecule has 40 heavy (non-hydrogen) atoms. The fraction of sp³-hybridized carbons (Fsp3) is 0.310. The van der Waals surface area contributed by atoms with Gasteiger partial charge in [-0.3, -0.25) is 19.6 Å². The van der Waals surface area contributed by atoms with Crippen LogP contribution in [0.25, 0.3) is 32.9 Å². The molecule has 3 aromatic heterocycles. The molecule has 0 saturated carbocycles. The highest BCUT2D eigenvalue weighted by atomic mass is 32.1. The summed E-state index contributed by atoms with van der Waals surface area (Å²) in [7, 11) is 0. The van der Waals surface area contributed by atoms with E-state index in [0.29, 0.717) is 17.3 Å². The third-order valence-electron chi connectivity index (χ3n) is 6.81.